The number of aromatic hydroxyl groups is 1. The Kier molecular flexibility index (Phi) is 4.23. The van der Waals surface area contributed by atoms with Crippen molar-refractivity contribution in [2.75, 3.05) is 0 Å². The van der Waals surface area contributed by atoms with Crippen molar-refractivity contribution in [2.24, 2.45) is 0 Å². The minimum atomic E-state index is -0.995. The summed E-state index contributed by atoms with van der Waals surface area (Å²) in [6.45, 7) is 4.09. The third-order valence-electron chi connectivity index (χ3n) is 4.06. The lowest BCUT2D eigenvalue weighted by molar-refractivity contribution is -0.131. The lowest BCUT2D eigenvalue weighted by Gasteiger charge is -2.08. The Hall–Kier alpha value is -3.22. The monoisotopic (exact) mass is 359 g/mol. The Labute approximate surface area is 147 Å². The predicted octanol–water partition coefficient (Wildman–Crippen LogP) is 3.86. The quantitative estimate of drug-likeness (QED) is 0.706. The molecule has 26 heavy (non-hydrogen) atoms. The number of rotatable bonds is 2. The van der Waals surface area contributed by atoms with Gasteiger partial charge in [0.2, 0.25) is 0 Å². The maximum Gasteiger partial charge on any atom is 0.308 e. The average molecular weight is 359 g/mol. The van der Waals surface area contributed by atoms with Gasteiger partial charge in [0.05, 0.1) is 16.6 Å². The van der Waals surface area contributed by atoms with Crippen LogP contribution >= 0.6 is 0 Å². The van der Waals surface area contributed by atoms with Crippen molar-refractivity contribution in [2.45, 2.75) is 20.8 Å². The first-order valence-corrected chi connectivity index (χ1v) is 7.74. The zero-order valence-corrected chi connectivity index (χ0v) is 14.3. The number of hydrogen-bond acceptors (Lipinski definition) is 4. The van der Waals surface area contributed by atoms with Gasteiger partial charge in [-0.2, -0.15) is 0 Å². The SMILES string of the molecule is CC(=O)Oc1c(C)n(C(=O)c2cccc(F)c2)c2cc(C)c(O)c(F)c12. The van der Waals surface area contributed by atoms with Crippen LogP contribution in [-0.4, -0.2) is 21.6 Å². The highest BCUT2D eigenvalue weighted by Gasteiger charge is 2.27. The molecule has 0 aliphatic rings. The first-order chi connectivity index (χ1) is 12.2. The molecule has 1 N–H and O–H groups in total. The number of esters is 1. The van der Waals surface area contributed by atoms with E-state index in [2.05, 4.69) is 0 Å². The number of carbonyl (C=O) groups is 2. The van der Waals surface area contributed by atoms with Gasteiger partial charge in [-0.05, 0) is 43.7 Å². The summed E-state index contributed by atoms with van der Waals surface area (Å²) in [6.07, 6.45) is 0. The number of phenolic OH excluding ortho intramolecular Hbond substituents is 1. The second-order valence-corrected chi connectivity index (χ2v) is 5.91. The average Bonchev–Trinajstić information content (AvgIpc) is 2.83. The Morgan fingerprint density at radius 1 is 1.15 bits per heavy atom. The van der Waals surface area contributed by atoms with Gasteiger partial charge in [0.15, 0.2) is 17.3 Å². The third kappa shape index (κ3) is 2.71. The summed E-state index contributed by atoms with van der Waals surface area (Å²) >= 11 is 0. The third-order valence-corrected chi connectivity index (χ3v) is 4.06. The number of ether oxygens (including phenoxy) is 1. The number of halogens is 2. The Balaban J connectivity index is 2.37. The van der Waals surface area contributed by atoms with Crippen LogP contribution in [0.4, 0.5) is 8.78 Å². The van der Waals surface area contributed by atoms with E-state index in [0.29, 0.717) is 0 Å². The van der Waals surface area contributed by atoms with Gasteiger partial charge in [0.1, 0.15) is 5.82 Å². The summed E-state index contributed by atoms with van der Waals surface area (Å²) in [6, 6.07) is 6.47. The van der Waals surface area contributed by atoms with Crippen LogP contribution in [0.5, 0.6) is 11.5 Å². The summed E-state index contributed by atoms with van der Waals surface area (Å²) in [7, 11) is 0. The van der Waals surface area contributed by atoms with Crippen LogP contribution in [0.3, 0.4) is 0 Å². The lowest BCUT2D eigenvalue weighted by Crippen LogP contribution is -2.14. The summed E-state index contributed by atoms with van der Waals surface area (Å²) in [5.74, 6) is -3.67. The Morgan fingerprint density at radius 3 is 2.46 bits per heavy atom. The minimum Gasteiger partial charge on any atom is -0.505 e. The van der Waals surface area contributed by atoms with Crippen LogP contribution in [0.1, 0.15) is 28.5 Å². The molecule has 0 saturated carbocycles. The van der Waals surface area contributed by atoms with Crippen LogP contribution in [0.25, 0.3) is 10.9 Å². The number of benzene rings is 2. The number of aromatic nitrogens is 1. The van der Waals surface area contributed by atoms with Crippen LogP contribution in [0.2, 0.25) is 0 Å². The molecule has 3 rings (SSSR count). The van der Waals surface area contributed by atoms with E-state index < -0.39 is 29.3 Å². The Morgan fingerprint density at radius 2 is 1.85 bits per heavy atom. The number of fused-ring (bicyclic) bond motifs is 1. The highest BCUT2D eigenvalue weighted by Crippen LogP contribution is 2.40. The summed E-state index contributed by atoms with van der Waals surface area (Å²) in [5, 5.41) is 9.71. The van der Waals surface area contributed by atoms with E-state index >= 15 is 0 Å². The molecular formula is C19H15F2NO4. The van der Waals surface area contributed by atoms with E-state index in [4.69, 9.17) is 4.74 Å². The number of aryl methyl sites for hydroxylation is 1. The fraction of sp³-hybridized carbons (Fsp3) is 0.158. The molecule has 7 heteroatoms. The molecule has 0 amide bonds. The summed E-state index contributed by atoms with van der Waals surface area (Å²) < 4.78 is 34.4. The van der Waals surface area contributed by atoms with Crippen molar-refractivity contribution < 1.29 is 28.2 Å². The van der Waals surface area contributed by atoms with E-state index in [-0.39, 0.29) is 33.5 Å². The van der Waals surface area contributed by atoms with Crippen LogP contribution in [0, 0.1) is 25.5 Å². The molecule has 134 valence electrons. The molecule has 0 spiro atoms. The van der Waals surface area contributed by atoms with E-state index in [1.807, 2.05) is 0 Å². The normalized spacial score (nSPS) is 11.0. The summed E-state index contributed by atoms with van der Waals surface area (Å²) in [5.41, 5.74) is 0.523. The summed E-state index contributed by atoms with van der Waals surface area (Å²) in [4.78, 5) is 24.3. The van der Waals surface area contributed by atoms with Gasteiger partial charge in [-0.1, -0.05) is 6.07 Å². The number of hydrogen-bond donors (Lipinski definition) is 1. The zero-order valence-electron chi connectivity index (χ0n) is 14.3. The molecule has 0 atom stereocenters. The smallest absolute Gasteiger partial charge is 0.308 e. The molecule has 1 aromatic heterocycles. The number of carbonyl (C=O) groups excluding carboxylic acids is 2. The van der Waals surface area contributed by atoms with Gasteiger partial charge in [0.25, 0.3) is 5.91 Å². The molecule has 5 nitrogen and oxygen atoms in total. The van der Waals surface area contributed by atoms with Gasteiger partial charge in [-0.3, -0.25) is 14.2 Å². The molecule has 0 aliphatic heterocycles. The second kappa shape index (κ2) is 6.25. The highest BCUT2D eigenvalue weighted by molar-refractivity contribution is 6.06. The molecular weight excluding hydrogens is 344 g/mol. The lowest BCUT2D eigenvalue weighted by atomic mass is 10.1. The van der Waals surface area contributed by atoms with Gasteiger partial charge in [-0.25, -0.2) is 8.78 Å². The van der Waals surface area contributed by atoms with Crippen molar-refractivity contribution in [3.8, 4) is 11.5 Å². The topological polar surface area (TPSA) is 68.5 Å². The zero-order chi connectivity index (χ0) is 19.2. The van der Waals surface area contributed by atoms with Gasteiger partial charge >= 0.3 is 5.97 Å². The van der Waals surface area contributed by atoms with Crippen LogP contribution in [-0.2, 0) is 4.79 Å². The van der Waals surface area contributed by atoms with E-state index in [0.717, 1.165) is 17.6 Å². The maximum absolute atomic E-state index is 14.7. The van der Waals surface area contributed by atoms with Gasteiger partial charge in [-0.15, -0.1) is 0 Å². The Bertz CT molecular complexity index is 1070. The number of phenols is 1. The fourth-order valence-corrected chi connectivity index (χ4v) is 2.89. The van der Waals surface area contributed by atoms with Gasteiger partial charge in [0, 0.05) is 12.5 Å². The van der Waals surface area contributed by atoms with Crippen LogP contribution < -0.4 is 4.74 Å². The molecule has 2 aromatic carbocycles. The van der Waals surface area contributed by atoms with E-state index in [9.17, 15) is 23.5 Å². The highest BCUT2D eigenvalue weighted by atomic mass is 19.1. The minimum absolute atomic E-state index is 0.0468. The van der Waals surface area contributed by atoms with Crippen molar-refractivity contribution in [3.05, 3.63) is 58.8 Å². The maximum atomic E-state index is 14.7. The van der Waals surface area contributed by atoms with Gasteiger partial charge < -0.3 is 9.84 Å². The standard InChI is InChI=1S/C19H15F2NO4/c1-9-7-14-15(16(21)17(9)24)18(26-11(3)23)10(2)22(14)19(25)12-5-4-6-13(20)8-12/h4-8,24H,1-3H3. The van der Waals surface area contributed by atoms with E-state index in [1.165, 1.54) is 38.1 Å². The second-order valence-electron chi connectivity index (χ2n) is 5.91. The van der Waals surface area contributed by atoms with E-state index in [1.54, 1.807) is 0 Å². The van der Waals surface area contributed by atoms with Crippen LogP contribution in [0.15, 0.2) is 30.3 Å². The van der Waals surface area contributed by atoms with Crippen molar-refractivity contribution in [1.29, 1.82) is 0 Å². The molecule has 0 aliphatic carbocycles. The van der Waals surface area contributed by atoms with Crippen molar-refractivity contribution in [3.63, 3.8) is 0 Å². The number of nitrogens with zero attached hydrogens (tertiary/aromatic N) is 1. The molecule has 0 unspecified atom stereocenters. The fourth-order valence-electron chi connectivity index (χ4n) is 2.89. The van der Waals surface area contributed by atoms with Crippen molar-refractivity contribution >= 4 is 22.8 Å². The first-order valence-electron chi connectivity index (χ1n) is 7.74. The van der Waals surface area contributed by atoms with Crippen molar-refractivity contribution in [1.82, 2.24) is 4.57 Å². The molecule has 0 radical (unpaired) electrons. The molecule has 0 saturated heterocycles. The predicted molar refractivity (Wildman–Crippen MR) is 90.5 cm³/mol. The molecule has 1 heterocycles. The first kappa shape index (κ1) is 17.6. The molecule has 3 aromatic rings. The molecule has 0 bridgehead atoms. The largest absolute Gasteiger partial charge is 0.505 e. The molecule has 0 fully saturated rings.